The summed E-state index contributed by atoms with van der Waals surface area (Å²) in [6, 6.07) is 22.0. The summed E-state index contributed by atoms with van der Waals surface area (Å²) < 4.78 is 80.7. The molecule has 2 unspecified atom stereocenters. The summed E-state index contributed by atoms with van der Waals surface area (Å²) in [7, 11) is 6.25. The molecule has 18 nitrogen and oxygen atoms in total. The van der Waals surface area contributed by atoms with Crippen LogP contribution in [-0.2, 0) is 51.1 Å². The van der Waals surface area contributed by atoms with Crippen molar-refractivity contribution in [2.45, 2.75) is 142 Å². The van der Waals surface area contributed by atoms with Crippen molar-refractivity contribution in [3.63, 3.8) is 0 Å². The van der Waals surface area contributed by atoms with Crippen LogP contribution in [0.2, 0.25) is 0 Å². The van der Waals surface area contributed by atoms with Crippen LogP contribution in [0.5, 0.6) is 34.5 Å². The van der Waals surface area contributed by atoms with Crippen molar-refractivity contribution in [3.8, 4) is 34.5 Å². The number of aliphatic hydroxyl groups excluding tert-OH is 2. The van der Waals surface area contributed by atoms with Crippen LogP contribution in [0.4, 0.5) is 0 Å². The van der Waals surface area contributed by atoms with Gasteiger partial charge < -0.3 is 76.5 Å². The van der Waals surface area contributed by atoms with Crippen molar-refractivity contribution in [1.82, 2.24) is 0 Å². The van der Waals surface area contributed by atoms with E-state index in [4.69, 9.17) is 66.3 Å². The second kappa shape index (κ2) is 29.0. The average molecular weight is 1140 g/mol. The predicted octanol–water partition coefficient (Wildman–Crippen LogP) is 10.6. The van der Waals surface area contributed by atoms with Gasteiger partial charge in [0.15, 0.2) is 25.2 Å². The van der Waals surface area contributed by atoms with Crippen LogP contribution < -0.4 is 28.4 Å². The normalized spacial score (nSPS) is 27.5. The molecule has 0 saturated carbocycles. The molecule has 2 saturated heterocycles. The summed E-state index contributed by atoms with van der Waals surface area (Å²) in [5, 5.41) is 21.8. The first-order valence-corrected chi connectivity index (χ1v) is 27.5. The largest absolute Gasteiger partial charge is 0.497 e. The molecule has 0 spiro atoms. The maximum Gasteiger partial charge on any atom is 0.342 e. The fraction of sp³-hybridized carbons (Fsp3) is 0.469. The van der Waals surface area contributed by atoms with Gasteiger partial charge in [-0.1, -0.05) is 86.7 Å². The van der Waals surface area contributed by atoms with Gasteiger partial charge in [-0.15, -0.1) is 0 Å². The van der Waals surface area contributed by atoms with E-state index in [0.717, 1.165) is 22.6 Å². The second-order valence-electron chi connectivity index (χ2n) is 21.4. The van der Waals surface area contributed by atoms with Crippen LogP contribution in [0.1, 0.15) is 111 Å². The van der Waals surface area contributed by atoms with Crippen LogP contribution >= 0.6 is 0 Å². The number of hydrogen-bond donors (Lipinski definition) is 2. The zero-order chi connectivity index (χ0) is 59.1. The minimum atomic E-state index is -0.886. The highest BCUT2D eigenvalue weighted by atomic mass is 16.8. The fourth-order valence-electron chi connectivity index (χ4n) is 9.45. The first kappa shape index (κ1) is 62.9. The molecule has 8 rings (SSSR count). The maximum atomic E-state index is 13.6. The first-order valence-electron chi connectivity index (χ1n) is 27.5. The Hall–Kier alpha value is -6.74. The predicted molar refractivity (Wildman–Crippen MR) is 306 cm³/mol. The number of ether oxygens (including phenoxy) is 14. The van der Waals surface area contributed by atoms with Gasteiger partial charge in [-0.25, -0.2) is 9.59 Å². The highest BCUT2D eigenvalue weighted by molar-refractivity contribution is 5.98. The molecular formula is C64H80O18. The molecule has 4 aliphatic rings. The molecule has 4 aromatic rings. The Morgan fingerprint density at radius 2 is 0.878 bits per heavy atom. The van der Waals surface area contributed by atoms with Gasteiger partial charge in [-0.3, -0.25) is 0 Å². The number of benzene rings is 4. The lowest BCUT2D eigenvalue weighted by Gasteiger charge is -2.23. The summed E-state index contributed by atoms with van der Waals surface area (Å²) in [4.78, 5) is 27.1. The number of fused-ring (bicyclic) bond motifs is 4. The van der Waals surface area contributed by atoms with Crippen molar-refractivity contribution in [3.05, 3.63) is 143 Å². The van der Waals surface area contributed by atoms with Crippen molar-refractivity contribution in [2.24, 2.45) is 11.8 Å². The van der Waals surface area contributed by atoms with E-state index < -0.39 is 72.3 Å². The summed E-state index contributed by atoms with van der Waals surface area (Å²) in [6.45, 7) is 15.2. The molecular weight excluding hydrogens is 1060 g/mol. The molecule has 0 amide bonds. The highest BCUT2D eigenvalue weighted by Gasteiger charge is 2.45. The summed E-state index contributed by atoms with van der Waals surface area (Å²) in [5.41, 5.74) is 3.52. The van der Waals surface area contributed by atoms with E-state index in [0.29, 0.717) is 48.7 Å². The SMILES string of the molecule is COCOc1cc(OCc2ccc(OC)cc2)cc2c1C(=O)O[C@@H](C)[C@H](C)/C=C\[C@@H](O)C1OC(C)(C)O[C@H]1C/C=C/2.COCOc1cc(OCc2ccc(OC)cc2)cc2c1C(=O)O[C@@H](C)[C@H](C)/C=C\[C@H](O)C1OC(C)(C)O[C@H]1C/C=C/2. The molecule has 2 N–H and O–H groups in total. The minimum absolute atomic E-state index is 0.0675. The lowest BCUT2D eigenvalue weighted by molar-refractivity contribution is -0.152. The third-order valence-electron chi connectivity index (χ3n) is 14.2. The van der Waals surface area contributed by atoms with E-state index >= 15 is 0 Å². The molecule has 0 aromatic heterocycles. The van der Waals surface area contributed by atoms with E-state index in [1.807, 2.05) is 140 Å². The van der Waals surface area contributed by atoms with Crippen LogP contribution in [0.3, 0.4) is 0 Å². The molecule has 0 bridgehead atoms. The number of aliphatic hydroxyl groups is 2. The summed E-state index contributed by atoms with van der Waals surface area (Å²) in [5.74, 6) is -0.0458. The number of hydrogen-bond acceptors (Lipinski definition) is 18. The van der Waals surface area contributed by atoms with Gasteiger partial charge in [0.1, 0.15) is 95.5 Å². The smallest absolute Gasteiger partial charge is 0.342 e. The van der Waals surface area contributed by atoms with E-state index in [1.165, 1.54) is 14.2 Å². The lowest BCUT2D eigenvalue weighted by Crippen LogP contribution is -2.34. The Morgan fingerprint density at radius 3 is 1.23 bits per heavy atom. The van der Waals surface area contributed by atoms with Gasteiger partial charge in [-0.05, 0) is 113 Å². The van der Waals surface area contributed by atoms with Crippen molar-refractivity contribution >= 4 is 24.1 Å². The highest BCUT2D eigenvalue weighted by Crippen LogP contribution is 2.38. The molecule has 0 radical (unpaired) electrons. The number of carbonyl (C=O) groups is 2. The third kappa shape index (κ3) is 17.2. The van der Waals surface area contributed by atoms with Crippen molar-refractivity contribution in [1.29, 1.82) is 0 Å². The van der Waals surface area contributed by atoms with Gasteiger partial charge in [-0.2, -0.15) is 0 Å². The Balaban J connectivity index is 0.000000236. The number of cyclic esters (lactones) is 2. The van der Waals surface area contributed by atoms with E-state index in [9.17, 15) is 19.8 Å². The fourth-order valence-corrected chi connectivity index (χ4v) is 9.45. The Bertz CT molecular complexity index is 2660. The van der Waals surface area contributed by atoms with E-state index in [-0.39, 0.29) is 48.0 Å². The number of rotatable bonds is 14. The van der Waals surface area contributed by atoms with E-state index in [2.05, 4.69) is 0 Å². The number of esters is 2. The van der Waals surface area contributed by atoms with Crippen molar-refractivity contribution in [2.75, 3.05) is 42.0 Å². The molecule has 82 heavy (non-hydrogen) atoms. The van der Waals surface area contributed by atoms with Crippen LogP contribution in [0.15, 0.2) is 109 Å². The average Bonchev–Trinajstić information content (AvgIpc) is 3.96. The van der Waals surface area contributed by atoms with E-state index in [1.54, 1.807) is 50.6 Å². The van der Waals surface area contributed by atoms with Gasteiger partial charge in [0.25, 0.3) is 0 Å². The van der Waals surface area contributed by atoms with Crippen LogP contribution in [0, 0.1) is 11.8 Å². The van der Waals surface area contributed by atoms with Gasteiger partial charge in [0.2, 0.25) is 0 Å². The zero-order valence-electron chi connectivity index (χ0n) is 49.0. The van der Waals surface area contributed by atoms with Crippen molar-refractivity contribution < 1.29 is 86.1 Å². The standard InChI is InChI=1S/2C32H40O9/c2*1-20-10-15-26(33)30-27(40-32(3,4)41-30)9-7-8-23-16-25(37-18-22-11-13-24(36-6)14-12-22)17-28(38-19-35-5)29(23)31(34)39-21(20)2/h2*7-8,10-17,20-21,26-27,30,33H,9,18-19H2,1-6H3/b2*8-7+,15-10-/t20-,21+,26+,27+,30?;20-,21+,26-,27+,30?/m11/s1. The lowest BCUT2D eigenvalue weighted by atomic mass is 9.99. The topological polar surface area (TPSA) is 204 Å². The molecule has 4 aromatic carbocycles. The van der Waals surface area contributed by atoms with Crippen LogP contribution in [-0.4, -0.2) is 125 Å². The number of carbonyl (C=O) groups excluding carboxylic acids is 2. The van der Waals surface area contributed by atoms with Gasteiger partial charge >= 0.3 is 11.9 Å². The second-order valence-corrected chi connectivity index (χ2v) is 21.4. The molecule has 18 heteroatoms. The molecule has 4 heterocycles. The zero-order valence-corrected chi connectivity index (χ0v) is 49.0. The first-order chi connectivity index (χ1) is 39.2. The maximum absolute atomic E-state index is 13.6. The quantitative estimate of drug-likeness (QED) is 0.0684. The Morgan fingerprint density at radius 1 is 0.500 bits per heavy atom. The van der Waals surface area contributed by atoms with Crippen LogP contribution in [0.25, 0.3) is 12.2 Å². The van der Waals surface area contributed by atoms with Gasteiger partial charge in [0.05, 0.1) is 26.4 Å². The third-order valence-corrected chi connectivity index (χ3v) is 14.2. The molecule has 2 fully saturated rings. The monoisotopic (exact) mass is 1140 g/mol. The summed E-state index contributed by atoms with van der Waals surface area (Å²) >= 11 is 0. The molecule has 10 atom stereocenters. The van der Waals surface area contributed by atoms with Gasteiger partial charge in [0, 0.05) is 38.2 Å². The molecule has 0 aliphatic carbocycles. The summed E-state index contributed by atoms with van der Waals surface area (Å²) in [6.07, 6.45) is 10.6. The Kier molecular flexibility index (Phi) is 22.2. The Labute approximate surface area is 481 Å². The minimum Gasteiger partial charge on any atom is -0.497 e. The molecule has 444 valence electrons. The number of methoxy groups -OCH3 is 4. The molecule has 4 aliphatic heterocycles.